The Bertz CT molecular complexity index is 414. The Morgan fingerprint density at radius 1 is 1.39 bits per heavy atom. The van der Waals surface area contributed by atoms with Crippen LogP contribution in [0.3, 0.4) is 0 Å². The molecule has 0 unspecified atom stereocenters. The summed E-state index contributed by atoms with van der Waals surface area (Å²) < 4.78 is 0. The van der Waals surface area contributed by atoms with Gasteiger partial charge in [0.25, 0.3) is 0 Å². The highest BCUT2D eigenvalue weighted by Gasteiger charge is 2.19. The van der Waals surface area contributed by atoms with Gasteiger partial charge in [-0.05, 0) is 51.0 Å². The molecule has 0 atom stereocenters. The van der Waals surface area contributed by atoms with Crippen LogP contribution in [0.4, 0.5) is 5.69 Å². The van der Waals surface area contributed by atoms with Gasteiger partial charge >= 0.3 is 0 Å². The van der Waals surface area contributed by atoms with E-state index in [0.717, 1.165) is 25.9 Å². The minimum atomic E-state index is 0.0673. The Hall–Kier alpha value is -1.06. The van der Waals surface area contributed by atoms with Gasteiger partial charge in [-0.3, -0.25) is 4.79 Å². The molecule has 18 heavy (non-hydrogen) atoms. The number of piperidine rings is 1. The number of nitrogens with one attached hydrogen (secondary N) is 1. The highest BCUT2D eigenvalue weighted by molar-refractivity contribution is 6.33. The minimum absolute atomic E-state index is 0.0673. The Morgan fingerprint density at radius 2 is 2.06 bits per heavy atom. The smallest absolute Gasteiger partial charge is 0.224 e. The van der Waals surface area contributed by atoms with Gasteiger partial charge in [-0.1, -0.05) is 23.7 Å². The van der Waals surface area contributed by atoms with Crippen LogP contribution in [0.25, 0.3) is 0 Å². The predicted octanol–water partition coefficient (Wildman–Crippen LogP) is 3.01. The lowest BCUT2D eigenvalue weighted by atomic mass is 9.93. The number of hydrogen-bond acceptors (Lipinski definition) is 2. The van der Waals surface area contributed by atoms with Gasteiger partial charge in [-0.2, -0.15) is 0 Å². The Morgan fingerprint density at radius 3 is 2.72 bits per heavy atom. The number of likely N-dealkylation sites (tertiary alicyclic amines) is 1. The molecule has 1 aromatic rings. The van der Waals surface area contributed by atoms with E-state index in [1.165, 1.54) is 0 Å². The molecule has 0 spiro atoms. The molecule has 4 heteroatoms. The number of halogens is 1. The highest BCUT2D eigenvalue weighted by atomic mass is 35.5. The minimum Gasteiger partial charge on any atom is -0.325 e. The average molecular weight is 267 g/mol. The van der Waals surface area contributed by atoms with E-state index < -0.39 is 0 Å². The van der Waals surface area contributed by atoms with E-state index in [-0.39, 0.29) is 5.91 Å². The molecule has 0 saturated carbocycles. The second-order valence-corrected chi connectivity index (χ2v) is 5.39. The van der Waals surface area contributed by atoms with Crippen molar-refractivity contribution in [1.82, 2.24) is 4.90 Å². The second-order valence-electron chi connectivity index (χ2n) is 4.98. The first-order chi connectivity index (χ1) is 8.65. The van der Waals surface area contributed by atoms with Gasteiger partial charge < -0.3 is 10.2 Å². The van der Waals surface area contributed by atoms with Crippen molar-refractivity contribution in [2.75, 3.05) is 25.5 Å². The van der Waals surface area contributed by atoms with Crippen LogP contribution in [0, 0.1) is 5.92 Å². The third-order valence-corrected chi connectivity index (χ3v) is 3.79. The lowest BCUT2D eigenvalue weighted by molar-refractivity contribution is -0.117. The van der Waals surface area contributed by atoms with E-state index >= 15 is 0 Å². The standard InChI is InChI=1S/C14H19ClN2O/c1-17-8-6-11(7-9-17)10-14(18)16-13-5-3-2-4-12(13)15/h2-5,11H,6-10H2,1H3,(H,16,18). The van der Waals surface area contributed by atoms with Gasteiger partial charge in [0.05, 0.1) is 10.7 Å². The molecular formula is C14H19ClN2O. The van der Waals surface area contributed by atoms with Crippen molar-refractivity contribution in [3.05, 3.63) is 29.3 Å². The molecule has 1 saturated heterocycles. The van der Waals surface area contributed by atoms with Gasteiger partial charge in [0.2, 0.25) is 5.91 Å². The molecule has 0 radical (unpaired) electrons. The number of amides is 1. The van der Waals surface area contributed by atoms with Crippen LogP contribution in [-0.4, -0.2) is 30.9 Å². The summed E-state index contributed by atoms with van der Waals surface area (Å²) in [4.78, 5) is 14.2. The van der Waals surface area contributed by atoms with Crippen LogP contribution >= 0.6 is 11.6 Å². The summed E-state index contributed by atoms with van der Waals surface area (Å²) in [7, 11) is 2.13. The zero-order valence-electron chi connectivity index (χ0n) is 10.7. The maximum absolute atomic E-state index is 11.9. The zero-order valence-corrected chi connectivity index (χ0v) is 11.4. The number of hydrogen-bond donors (Lipinski definition) is 1. The van der Waals surface area contributed by atoms with Crippen molar-refractivity contribution in [1.29, 1.82) is 0 Å². The lowest BCUT2D eigenvalue weighted by Crippen LogP contribution is -2.31. The fraction of sp³-hybridized carbons (Fsp3) is 0.500. The first-order valence-electron chi connectivity index (χ1n) is 6.38. The summed E-state index contributed by atoms with van der Waals surface area (Å²) in [6.07, 6.45) is 2.80. The number of rotatable bonds is 3. The number of benzene rings is 1. The summed E-state index contributed by atoms with van der Waals surface area (Å²) in [6, 6.07) is 7.34. The van der Waals surface area contributed by atoms with E-state index in [4.69, 9.17) is 11.6 Å². The molecular weight excluding hydrogens is 248 g/mol. The summed E-state index contributed by atoms with van der Waals surface area (Å²) in [5.41, 5.74) is 0.706. The van der Waals surface area contributed by atoms with Crippen molar-refractivity contribution in [2.45, 2.75) is 19.3 Å². The van der Waals surface area contributed by atoms with Crippen LogP contribution in [0.5, 0.6) is 0 Å². The van der Waals surface area contributed by atoms with Crippen LogP contribution in [0.15, 0.2) is 24.3 Å². The molecule has 1 aliphatic rings. The molecule has 1 aliphatic heterocycles. The molecule has 1 aromatic carbocycles. The quantitative estimate of drug-likeness (QED) is 0.912. The van der Waals surface area contributed by atoms with E-state index in [1.54, 1.807) is 6.07 Å². The Labute approximate surface area is 113 Å². The largest absolute Gasteiger partial charge is 0.325 e. The first kappa shape index (κ1) is 13.4. The molecule has 1 heterocycles. The summed E-state index contributed by atoms with van der Waals surface area (Å²) in [5, 5.41) is 3.48. The van der Waals surface area contributed by atoms with Crippen LogP contribution < -0.4 is 5.32 Å². The number of nitrogens with zero attached hydrogens (tertiary/aromatic N) is 1. The van der Waals surface area contributed by atoms with Crippen molar-refractivity contribution in [2.24, 2.45) is 5.92 Å². The highest BCUT2D eigenvalue weighted by Crippen LogP contribution is 2.23. The normalized spacial score (nSPS) is 17.7. The lowest BCUT2D eigenvalue weighted by Gasteiger charge is -2.28. The SMILES string of the molecule is CN1CCC(CC(=O)Nc2ccccc2Cl)CC1. The van der Waals surface area contributed by atoms with Crippen molar-refractivity contribution in [3.63, 3.8) is 0 Å². The predicted molar refractivity (Wildman–Crippen MR) is 74.9 cm³/mol. The number of anilines is 1. The molecule has 98 valence electrons. The fourth-order valence-electron chi connectivity index (χ4n) is 2.29. The molecule has 0 aliphatic carbocycles. The maximum Gasteiger partial charge on any atom is 0.224 e. The monoisotopic (exact) mass is 266 g/mol. The molecule has 2 rings (SSSR count). The number of para-hydroxylation sites is 1. The third-order valence-electron chi connectivity index (χ3n) is 3.46. The van der Waals surface area contributed by atoms with E-state index in [1.807, 2.05) is 18.2 Å². The fourth-order valence-corrected chi connectivity index (χ4v) is 2.48. The molecule has 0 bridgehead atoms. The number of carbonyl (C=O) groups excluding carboxylic acids is 1. The van der Waals surface area contributed by atoms with Gasteiger partial charge in [-0.15, -0.1) is 0 Å². The third kappa shape index (κ3) is 3.72. The number of carbonyl (C=O) groups is 1. The van der Waals surface area contributed by atoms with E-state index in [2.05, 4.69) is 17.3 Å². The first-order valence-corrected chi connectivity index (χ1v) is 6.76. The van der Waals surface area contributed by atoms with E-state index in [9.17, 15) is 4.79 Å². The summed E-state index contributed by atoms with van der Waals surface area (Å²) in [5.74, 6) is 0.571. The Kier molecular flexibility index (Phi) is 4.61. The molecule has 1 fully saturated rings. The topological polar surface area (TPSA) is 32.3 Å². The van der Waals surface area contributed by atoms with Crippen molar-refractivity contribution >= 4 is 23.2 Å². The average Bonchev–Trinajstić information content (AvgIpc) is 2.35. The zero-order chi connectivity index (χ0) is 13.0. The van der Waals surface area contributed by atoms with Crippen LogP contribution in [0.1, 0.15) is 19.3 Å². The molecule has 1 N–H and O–H groups in total. The van der Waals surface area contributed by atoms with Gasteiger partial charge in [0.15, 0.2) is 0 Å². The van der Waals surface area contributed by atoms with Gasteiger partial charge in [0.1, 0.15) is 0 Å². The summed E-state index contributed by atoms with van der Waals surface area (Å²) in [6.45, 7) is 2.17. The van der Waals surface area contributed by atoms with Crippen molar-refractivity contribution in [3.8, 4) is 0 Å². The van der Waals surface area contributed by atoms with Crippen LogP contribution in [0.2, 0.25) is 5.02 Å². The molecule has 0 aromatic heterocycles. The van der Waals surface area contributed by atoms with Gasteiger partial charge in [0, 0.05) is 6.42 Å². The van der Waals surface area contributed by atoms with Crippen LogP contribution in [-0.2, 0) is 4.79 Å². The van der Waals surface area contributed by atoms with E-state index in [0.29, 0.717) is 23.0 Å². The molecule has 1 amide bonds. The Balaban J connectivity index is 1.84. The van der Waals surface area contributed by atoms with Gasteiger partial charge in [-0.25, -0.2) is 0 Å². The second kappa shape index (κ2) is 6.21. The molecule has 3 nitrogen and oxygen atoms in total. The summed E-state index contributed by atoms with van der Waals surface area (Å²) >= 11 is 6.01. The maximum atomic E-state index is 11.9. The van der Waals surface area contributed by atoms with Crippen molar-refractivity contribution < 1.29 is 4.79 Å².